The second-order valence-corrected chi connectivity index (χ2v) is 7.40. The SMILES string of the molecule is Cc1ccc(NC(=O)COC(=O)C(O)(c2ccccc2)c2ccccc2)c(Br)c1. The van der Waals surface area contributed by atoms with Gasteiger partial charge in [0.1, 0.15) is 0 Å². The molecule has 0 fully saturated rings. The molecule has 0 radical (unpaired) electrons. The van der Waals surface area contributed by atoms with Crippen LogP contribution in [-0.2, 0) is 19.9 Å². The maximum atomic E-state index is 12.9. The second kappa shape index (κ2) is 9.03. The number of amides is 1. The van der Waals surface area contributed by atoms with Crippen molar-refractivity contribution in [1.29, 1.82) is 0 Å². The third kappa shape index (κ3) is 4.72. The molecule has 3 aromatic rings. The molecule has 2 N–H and O–H groups in total. The number of nitrogens with one attached hydrogen (secondary N) is 1. The topological polar surface area (TPSA) is 75.6 Å². The van der Waals surface area contributed by atoms with Crippen molar-refractivity contribution in [2.24, 2.45) is 0 Å². The highest BCUT2D eigenvalue weighted by atomic mass is 79.9. The number of esters is 1. The van der Waals surface area contributed by atoms with Gasteiger partial charge in [-0.3, -0.25) is 4.79 Å². The van der Waals surface area contributed by atoms with Crippen molar-refractivity contribution in [3.63, 3.8) is 0 Å². The minimum atomic E-state index is -2.02. The Morgan fingerprint density at radius 3 is 2.03 bits per heavy atom. The Hall–Kier alpha value is -2.96. The normalized spacial score (nSPS) is 11.0. The highest BCUT2D eigenvalue weighted by molar-refractivity contribution is 9.10. The molecule has 0 saturated carbocycles. The van der Waals surface area contributed by atoms with Gasteiger partial charge >= 0.3 is 5.97 Å². The first-order chi connectivity index (χ1) is 13.9. The van der Waals surface area contributed by atoms with Gasteiger partial charge in [-0.25, -0.2) is 4.79 Å². The molecule has 0 spiro atoms. The maximum absolute atomic E-state index is 12.9. The number of hydrogen-bond acceptors (Lipinski definition) is 4. The molecule has 148 valence electrons. The third-order valence-corrected chi connectivity index (χ3v) is 5.07. The summed E-state index contributed by atoms with van der Waals surface area (Å²) in [7, 11) is 0. The van der Waals surface area contributed by atoms with Gasteiger partial charge in [-0.1, -0.05) is 66.7 Å². The van der Waals surface area contributed by atoms with Crippen LogP contribution in [0.3, 0.4) is 0 Å². The highest BCUT2D eigenvalue weighted by Gasteiger charge is 2.41. The standard InChI is InChI=1S/C23H20BrNO4/c1-16-12-13-20(19(24)14-16)25-21(26)15-29-22(27)23(28,17-8-4-2-5-9-17)18-10-6-3-7-11-18/h2-14,28H,15H2,1H3,(H,25,26). The number of ether oxygens (including phenoxy) is 1. The Bertz CT molecular complexity index is 966. The van der Waals surface area contributed by atoms with E-state index in [1.54, 1.807) is 66.7 Å². The summed E-state index contributed by atoms with van der Waals surface area (Å²) in [6, 6.07) is 22.5. The minimum absolute atomic E-state index is 0.359. The molecule has 0 heterocycles. The lowest BCUT2D eigenvalue weighted by Gasteiger charge is -2.27. The maximum Gasteiger partial charge on any atom is 0.348 e. The van der Waals surface area contributed by atoms with Crippen LogP contribution in [-0.4, -0.2) is 23.6 Å². The Morgan fingerprint density at radius 2 is 1.52 bits per heavy atom. The molecule has 3 rings (SSSR count). The molecule has 0 aliphatic carbocycles. The number of carbonyl (C=O) groups excluding carboxylic acids is 2. The lowest BCUT2D eigenvalue weighted by molar-refractivity contribution is -0.163. The molecule has 0 bridgehead atoms. The number of aliphatic hydroxyl groups is 1. The Balaban J connectivity index is 1.76. The van der Waals surface area contributed by atoms with E-state index in [4.69, 9.17) is 4.74 Å². The van der Waals surface area contributed by atoms with E-state index in [0.717, 1.165) is 10.0 Å². The molecule has 0 aromatic heterocycles. The van der Waals surface area contributed by atoms with E-state index in [1.807, 2.05) is 19.1 Å². The van der Waals surface area contributed by atoms with Crippen LogP contribution in [0.15, 0.2) is 83.3 Å². The number of rotatable bonds is 6. The minimum Gasteiger partial charge on any atom is -0.453 e. The van der Waals surface area contributed by atoms with Gasteiger partial charge in [0.05, 0.1) is 5.69 Å². The van der Waals surface area contributed by atoms with E-state index in [9.17, 15) is 14.7 Å². The number of benzene rings is 3. The van der Waals surface area contributed by atoms with E-state index in [1.165, 1.54) is 0 Å². The molecular formula is C23H20BrNO4. The first-order valence-electron chi connectivity index (χ1n) is 8.98. The van der Waals surface area contributed by atoms with Gasteiger partial charge in [0.25, 0.3) is 5.91 Å². The predicted octanol–water partition coefficient (Wildman–Crippen LogP) is 4.18. The molecule has 0 unspecified atom stereocenters. The zero-order valence-electron chi connectivity index (χ0n) is 15.8. The summed E-state index contributed by atoms with van der Waals surface area (Å²) in [6.45, 7) is 1.41. The van der Waals surface area contributed by atoms with E-state index in [2.05, 4.69) is 21.2 Å². The van der Waals surface area contributed by atoms with Gasteiger partial charge in [-0.2, -0.15) is 0 Å². The van der Waals surface area contributed by atoms with Crippen LogP contribution in [0.5, 0.6) is 0 Å². The molecule has 0 atom stereocenters. The third-order valence-electron chi connectivity index (χ3n) is 4.41. The summed E-state index contributed by atoms with van der Waals surface area (Å²) in [6.07, 6.45) is 0. The van der Waals surface area contributed by atoms with Gasteiger partial charge in [0.2, 0.25) is 5.60 Å². The van der Waals surface area contributed by atoms with E-state index in [0.29, 0.717) is 16.8 Å². The highest BCUT2D eigenvalue weighted by Crippen LogP contribution is 2.31. The first kappa shape index (κ1) is 20.8. The summed E-state index contributed by atoms with van der Waals surface area (Å²) in [5, 5.41) is 14.0. The molecule has 0 aliphatic rings. The van der Waals surface area contributed by atoms with E-state index in [-0.39, 0.29) is 0 Å². The molecule has 5 nitrogen and oxygen atoms in total. The average Bonchev–Trinajstić information content (AvgIpc) is 2.74. The monoisotopic (exact) mass is 453 g/mol. The number of aryl methyl sites for hydroxylation is 1. The fourth-order valence-electron chi connectivity index (χ4n) is 2.90. The number of halogens is 1. The molecule has 1 amide bonds. The molecule has 6 heteroatoms. The first-order valence-corrected chi connectivity index (χ1v) is 9.77. The van der Waals surface area contributed by atoms with Crippen molar-refractivity contribution in [3.05, 3.63) is 100 Å². The molecule has 3 aromatic carbocycles. The summed E-state index contributed by atoms with van der Waals surface area (Å²) in [5.41, 5.74) is 0.304. The largest absolute Gasteiger partial charge is 0.453 e. The van der Waals surface area contributed by atoms with Crippen molar-refractivity contribution >= 4 is 33.5 Å². The van der Waals surface area contributed by atoms with Gasteiger partial charge in [0.15, 0.2) is 6.61 Å². The Labute approximate surface area is 177 Å². The molecule has 29 heavy (non-hydrogen) atoms. The van der Waals surface area contributed by atoms with E-state index < -0.39 is 24.1 Å². The van der Waals surface area contributed by atoms with Crippen molar-refractivity contribution in [2.45, 2.75) is 12.5 Å². The number of carbonyl (C=O) groups is 2. The smallest absolute Gasteiger partial charge is 0.348 e. The van der Waals surface area contributed by atoms with Gasteiger partial charge < -0.3 is 15.2 Å². The summed E-state index contributed by atoms with van der Waals surface area (Å²) in [4.78, 5) is 25.1. The summed E-state index contributed by atoms with van der Waals surface area (Å²) >= 11 is 3.39. The molecule has 0 aliphatic heterocycles. The number of anilines is 1. The van der Waals surface area contributed by atoms with Crippen LogP contribution in [0.2, 0.25) is 0 Å². The van der Waals surface area contributed by atoms with Crippen LogP contribution in [0.4, 0.5) is 5.69 Å². The fourth-order valence-corrected chi connectivity index (χ4v) is 3.50. The average molecular weight is 454 g/mol. The zero-order chi connectivity index (χ0) is 20.9. The van der Waals surface area contributed by atoms with E-state index >= 15 is 0 Å². The van der Waals surface area contributed by atoms with Crippen molar-refractivity contribution in [2.75, 3.05) is 11.9 Å². The van der Waals surface area contributed by atoms with Crippen molar-refractivity contribution in [1.82, 2.24) is 0 Å². The van der Waals surface area contributed by atoms with Crippen molar-refractivity contribution in [3.8, 4) is 0 Å². The summed E-state index contributed by atoms with van der Waals surface area (Å²) in [5.74, 6) is -1.43. The molecule has 0 saturated heterocycles. The van der Waals surface area contributed by atoms with Crippen molar-refractivity contribution < 1.29 is 19.4 Å². The zero-order valence-corrected chi connectivity index (χ0v) is 17.3. The molecular weight excluding hydrogens is 434 g/mol. The van der Waals surface area contributed by atoms with Gasteiger partial charge in [0, 0.05) is 4.47 Å². The van der Waals surface area contributed by atoms with Crippen LogP contribution in [0.1, 0.15) is 16.7 Å². The predicted molar refractivity (Wildman–Crippen MR) is 114 cm³/mol. The Morgan fingerprint density at radius 1 is 0.966 bits per heavy atom. The lowest BCUT2D eigenvalue weighted by Crippen LogP contribution is -2.39. The van der Waals surface area contributed by atoms with Crippen LogP contribution in [0.25, 0.3) is 0 Å². The Kier molecular flexibility index (Phi) is 6.46. The van der Waals surface area contributed by atoms with Gasteiger partial charge in [-0.15, -0.1) is 0 Å². The summed E-state index contributed by atoms with van der Waals surface area (Å²) < 4.78 is 5.92. The lowest BCUT2D eigenvalue weighted by atomic mass is 9.86. The van der Waals surface area contributed by atoms with Gasteiger partial charge in [-0.05, 0) is 51.7 Å². The fraction of sp³-hybridized carbons (Fsp3) is 0.130. The second-order valence-electron chi connectivity index (χ2n) is 6.55. The number of hydrogen-bond donors (Lipinski definition) is 2. The van der Waals surface area contributed by atoms with Crippen LogP contribution in [0, 0.1) is 6.92 Å². The van der Waals surface area contributed by atoms with Crippen LogP contribution < -0.4 is 5.32 Å². The van der Waals surface area contributed by atoms with Crippen LogP contribution >= 0.6 is 15.9 Å². The quantitative estimate of drug-likeness (QED) is 0.549.